The maximum absolute atomic E-state index is 12.6. The molecule has 120 valence electrons. The van der Waals surface area contributed by atoms with Gasteiger partial charge in [-0.25, -0.2) is 0 Å². The Hall–Kier alpha value is -0.610. The van der Waals surface area contributed by atoms with Gasteiger partial charge < -0.3 is 5.32 Å². The summed E-state index contributed by atoms with van der Waals surface area (Å²) in [7, 11) is 0. The number of amides is 1. The molecule has 4 nitrogen and oxygen atoms in total. The summed E-state index contributed by atoms with van der Waals surface area (Å²) in [5, 5.41) is 3.26. The van der Waals surface area contributed by atoms with E-state index < -0.39 is 0 Å². The van der Waals surface area contributed by atoms with Crippen molar-refractivity contribution in [3.8, 4) is 0 Å². The summed E-state index contributed by atoms with van der Waals surface area (Å²) < 4.78 is 0. The van der Waals surface area contributed by atoms with Crippen molar-refractivity contribution in [2.45, 2.75) is 76.4 Å². The van der Waals surface area contributed by atoms with Gasteiger partial charge in [0.1, 0.15) is 0 Å². The van der Waals surface area contributed by atoms with Crippen molar-refractivity contribution in [3.05, 3.63) is 0 Å². The minimum atomic E-state index is 0.0885. The zero-order valence-electron chi connectivity index (χ0n) is 13.7. The first-order chi connectivity index (χ1) is 10.1. The van der Waals surface area contributed by atoms with E-state index in [1.807, 2.05) is 0 Å². The molecule has 21 heavy (non-hydrogen) atoms. The van der Waals surface area contributed by atoms with Crippen LogP contribution in [0.1, 0.15) is 58.8 Å². The Balaban J connectivity index is 1.53. The van der Waals surface area contributed by atoms with E-state index in [0.717, 1.165) is 19.5 Å². The van der Waals surface area contributed by atoms with Crippen molar-refractivity contribution in [2.24, 2.45) is 0 Å². The molecule has 3 fully saturated rings. The number of fused-ring (bicyclic) bond motifs is 1. The van der Waals surface area contributed by atoms with E-state index >= 15 is 0 Å². The third-order valence-corrected chi connectivity index (χ3v) is 5.80. The van der Waals surface area contributed by atoms with Gasteiger partial charge in [0.25, 0.3) is 0 Å². The van der Waals surface area contributed by atoms with Gasteiger partial charge in [-0.15, -0.1) is 0 Å². The molecule has 0 aromatic rings. The topological polar surface area (TPSA) is 35.6 Å². The molecule has 1 N–H and O–H groups in total. The maximum Gasteiger partial charge on any atom is 0.237 e. The molecule has 0 radical (unpaired) electrons. The van der Waals surface area contributed by atoms with Crippen molar-refractivity contribution in [2.75, 3.05) is 26.2 Å². The third-order valence-electron chi connectivity index (χ3n) is 5.80. The lowest BCUT2D eigenvalue weighted by Crippen LogP contribution is -2.56. The first kappa shape index (κ1) is 15.3. The monoisotopic (exact) mass is 293 g/mol. The number of carbonyl (C=O) groups is 1. The van der Waals surface area contributed by atoms with E-state index in [2.05, 4.69) is 29.0 Å². The summed E-state index contributed by atoms with van der Waals surface area (Å²) >= 11 is 0. The second-order valence-corrected chi connectivity index (χ2v) is 7.70. The quantitative estimate of drug-likeness (QED) is 0.861. The van der Waals surface area contributed by atoms with Gasteiger partial charge >= 0.3 is 0 Å². The van der Waals surface area contributed by atoms with Crippen LogP contribution in [-0.2, 0) is 4.79 Å². The van der Waals surface area contributed by atoms with Crippen LogP contribution in [0.15, 0.2) is 0 Å². The van der Waals surface area contributed by atoms with Gasteiger partial charge in [0.05, 0.1) is 6.04 Å². The fourth-order valence-electron chi connectivity index (χ4n) is 4.43. The molecular weight excluding hydrogens is 262 g/mol. The van der Waals surface area contributed by atoms with Crippen LogP contribution in [0.25, 0.3) is 0 Å². The molecule has 3 rings (SSSR count). The first-order valence-corrected chi connectivity index (χ1v) is 8.86. The Morgan fingerprint density at radius 2 is 1.76 bits per heavy atom. The van der Waals surface area contributed by atoms with Gasteiger partial charge in [-0.2, -0.15) is 0 Å². The molecule has 3 aliphatic heterocycles. The summed E-state index contributed by atoms with van der Waals surface area (Å²) in [6.45, 7) is 8.79. The maximum atomic E-state index is 12.6. The lowest BCUT2D eigenvalue weighted by Gasteiger charge is -2.39. The summed E-state index contributed by atoms with van der Waals surface area (Å²) in [4.78, 5) is 17.6. The van der Waals surface area contributed by atoms with Gasteiger partial charge in [-0.05, 0) is 78.4 Å². The molecule has 3 heterocycles. The smallest absolute Gasteiger partial charge is 0.237 e. The first-order valence-electron chi connectivity index (χ1n) is 8.86. The fourth-order valence-corrected chi connectivity index (χ4v) is 4.43. The Morgan fingerprint density at radius 1 is 1.05 bits per heavy atom. The predicted octanol–water partition coefficient (Wildman–Crippen LogP) is 1.99. The van der Waals surface area contributed by atoms with Crippen LogP contribution in [0.2, 0.25) is 0 Å². The van der Waals surface area contributed by atoms with E-state index in [1.165, 1.54) is 51.6 Å². The van der Waals surface area contributed by atoms with E-state index in [9.17, 15) is 4.79 Å². The van der Waals surface area contributed by atoms with Crippen molar-refractivity contribution < 1.29 is 4.79 Å². The molecular formula is C17H31N3O. The number of rotatable bonds is 4. The zero-order valence-corrected chi connectivity index (χ0v) is 13.7. The summed E-state index contributed by atoms with van der Waals surface area (Å²) in [5.74, 6) is 0.272. The minimum absolute atomic E-state index is 0.0885. The van der Waals surface area contributed by atoms with Gasteiger partial charge in [0.15, 0.2) is 0 Å². The second-order valence-electron chi connectivity index (χ2n) is 7.70. The molecule has 0 aliphatic carbocycles. The van der Waals surface area contributed by atoms with Crippen molar-refractivity contribution in [3.63, 3.8) is 0 Å². The van der Waals surface area contributed by atoms with Crippen LogP contribution >= 0.6 is 0 Å². The number of hydrogen-bond acceptors (Lipinski definition) is 3. The zero-order chi connectivity index (χ0) is 14.9. The highest BCUT2D eigenvalue weighted by Crippen LogP contribution is 2.31. The Labute approximate surface area is 129 Å². The molecule has 0 saturated carbocycles. The highest BCUT2D eigenvalue weighted by molar-refractivity contribution is 5.82. The van der Waals surface area contributed by atoms with E-state index in [1.54, 1.807) is 0 Å². The second kappa shape index (κ2) is 6.25. The summed E-state index contributed by atoms with van der Waals surface area (Å²) in [5.41, 5.74) is 0.0885. The Kier molecular flexibility index (Phi) is 4.55. The van der Waals surface area contributed by atoms with Crippen molar-refractivity contribution in [1.29, 1.82) is 0 Å². The van der Waals surface area contributed by atoms with Crippen molar-refractivity contribution >= 4 is 5.91 Å². The SMILES string of the molecule is CC(C)(CNC(=O)C1CCCC2CCCN21)N1CCCC1. The summed E-state index contributed by atoms with van der Waals surface area (Å²) in [6, 6.07) is 0.821. The van der Waals surface area contributed by atoms with Crippen LogP contribution in [0.3, 0.4) is 0 Å². The van der Waals surface area contributed by atoms with E-state index in [4.69, 9.17) is 0 Å². The lowest BCUT2D eigenvalue weighted by atomic mass is 9.95. The average molecular weight is 293 g/mol. The molecule has 3 aliphatic rings. The van der Waals surface area contributed by atoms with Gasteiger partial charge in [0.2, 0.25) is 5.91 Å². The molecule has 4 heteroatoms. The summed E-state index contributed by atoms with van der Waals surface area (Å²) in [6.07, 6.45) is 8.73. The van der Waals surface area contributed by atoms with E-state index in [-0.39, 0.29) is 17.5 Å². The number of nitrogens with zero attached hydrogens (tertiary/aromatic N) is 2. The normalized spacial score (nSPS) is 31.3. The molecule has 2 unspecified atom stereocenters. The fraction of sp³-hybridized carbons (Fsp3) is 0.941. The van der Waals surface area contributed by atoms with Crippen LogP contribution in [0, 0.1) is 0 Å². The predicted molar refractivity (Wildman–Crippen MR) is 85.3 cm³/mol. The molecule has 3 saturated heterocycles. The minimum Gasteiger partial charge on any atom is -0.353 e. The highest BCUT2D eigenvalue weighted by atomic mass is 16.2. The standard InChI is InChI=1S/C17H31N3O/c1-17(2,19-10-3-4-11-19)13-18-16(21)15-9-5-7-14-8-6-12-20(14)15/h14-15H,3-13H2,1-2H3,(H,18,21). The number of carbonyl (C=O) groups excluding carboxylic acids is 1. The van der Waals surface area contributed by atoms with Crippen LogP contribution in [0.4, 0.5) is 0 Å². The number of likely N-dealkylation sites (tertiary alicyclic amines) is 1. The molecule has 0 aromatic carbocycles. The number of nitrogens with one attached hydrogen (secondary N) is 1. The Bertz CT molecular complexity index is 376. The number of hydrogen-bond donors (Lipinski definition) is 1. The molecule has 2 atom stereocenters. The largest absolute Gasteiger partial charge is 0.353 e. The van der Waals surface area contributed by atoms with Gasteiger partial charge in [0, 0.05) is 18.1 Å². The van der Waals surface area contributed by atoms with Gasteiger partial charge in [-0.3, -0.25) is 14.6 Å². The molecule has 1 amide bonds. The van der Waals surface area contributed by atoms with Gasteiger partial charge in [-0.1, -0.05) is 0 Å². The van der Waals surface area contributed by atoms with E-state index in [0.29, 0.717) is 6.04 Å². The number of piperidine rings is 1. The third kappa shape index (κ3) is 3.26. The van der Waals surface area contributed by atoms with Crippen LogP contribution in [-0.4, -0.2) is 59.5 Å². The van der Waals surface area contributed by atoms with Crippen molar-refractivity contribution in [1.82, 2.24) is 15.1 Å². The Morgan fingerprint density at radius 3 is 2.52 bits per heavy atom. The average Bonchev–Trinajstić information content (AvgIpc) is 3.14. The van der Waals surface area contributed by atoms with Crippen LogP contribution < -0.4 is 5.32 Å². The highest BCUT2D eigenvalue weighted by Gasteiger charge is 2.38. The van der Waals surface area contributed by atoms with Crippen LogP contribution in [0.5, 0.6) is 0 Å². The molecule has 0 spiro atoms. The molecule has 0 bridgehead atoms. The lowest BCUT2D eigenvalue weighted by molar-refractivity contribution is -0.128. The molecule has 0 aromatic heterocycles.